The van der Waals surface area contributed by atoms with Gasteiger partial charge in [-0.25, -0.2) is 4.85 Å². The fourth-order valence-electron chi connectivity index (χ4n) is 2.80. The van der Waals surface area contributed by atoms with E-state index in [1.807, 2.05) is 30.3 Å². The molecule has 0 heterocycles. The third-order valence-electron chi connectivity index (χ3n) is 3.98. The highest BCUT2D eigenvalue weighted by atomic mass is 32.2. The molecule has 0 unspecified atom stereocenters. The predicted molar refractivity (Wildman–Crippen MR) is 112 cm³/mol. The highest BCUT2D eigenvalue weighted by molar-refractivity contribution is 7.99. The van der Waals surface area contributed by atoms with Crippen LogP contribution in [-0.4, -0.2) is 5.91 Å². The molecule has 0 saturated heterocycles. The summed E-state index contributed by atoms with van der Waals surface area (Å²) in [5, 5.41) is 12.6. The number of rotatable bonds is 4. The number of carbonyl (C=O) groups is 1. The molecule has 28 heavy (non-hydrogen) atoms. The van der Waals surface area contributed by atoms with Gasteiger partial charge in [-0.15, -0.1) is 0 Å². The molecule has 0 fully saturated rings. The minimum absolute atomic E-state index is 0.169. The van der Waals surface area contributed by atoms with E-state index in [0.29, 0.717) is 33.0 Å². The van der Waals surface area contributed by atoms with Crippen molar-refractivity contribution in [2.75, 3.05) is 11.1 Å². The molecule has 1 amide bonds. The summed E-state index contributed by atoms with van der Waals surface area (Å²) >= 11 is 1.43. The fraction of sp³-hybridized carbons (Fsp3) is 0.0455. The van der Waals surface area contributed by atoms with E-state index in [4.69, 9.17) is 12.3 Å². The van der Waals surface area contributed by atoms with Crippen molar-refractivity contribution >= 4 is 34.7 Å². The SMILES string of the molecule is [C-]#[N+]c1c(N)cc(Sc2ccccc2)c(C#N)c1-c1ccc(NC(C)=O)cc1. The Kier molecular flexibility index (Phi) is 5.64. The van der Waals surface area contributed by atoms with Gasteiger partial charge in [0.2, 0.25) is 11.6 Å². The van der Waals surface area contributed by atoms with E-state index in [0.717, 1.165) is 4.90 Å². The Balaban J connectivity index is 2.15. The Morgan fingerprint density at radius 1 is 1.18 bits per heavy atom. The Hall–Kier alpha value is -3.74. The van der Waals surface area contributed by atoms with Crippen molar-refractivity contribution in [1.82, 2.24) is 0 Å². The number of carbonyl (C=O) groups excluding carboxylic acids is 1. The van der Waals surface area contributed by atoms with Gasteiger partial charge in [-0.3, -0.25) is 4.79 Å². The Labute approximate surface area is 167 Å². The second-order valence-corrected chi connectivity index (χ2v) is 7.08. The van der Waals surface area contributed by atoms with Gasteiger partial charge in [0.1, 0.15) is 0 Å². The number of nitriles is 1. The Morgan fingerprint density at radius 3 is 2.43 bits per heavy atom. The molecule has 0 bridgehead atoms. The summed E-state index contributed by atoms with van der Waals surface area (Å²) in [6.45, 7) is 8.98. The first kappa shape index (κ1) is 19.0. The van der Waals surface area contributed by atoms with E-state index in [-0.39, 0.29) is 11.6 Å². The van der Waals surface area contributed by atoms with E-state index < -0.39 is 0 Å². The maximum absolute atomic E-state index is 11.2. The molecule has 0 radical (unpaired) electrons. The monoisotopic (exact) mass is 384 g/mol. The zero-order chi connectivity index (χ0) is 20.1. The lowest BCUT2D eigenvalue weighted by Gasteiger charge is -2.14. The standard InChI is InChI=1S/C22H16N4OS/c1-14(27)26-16-10-8-15(9-11-16)21-18(13-23)20(12-19(24)22(21)25-2)28-17-6-4-3-5-7-17/h3-12H,24H2,1H3,(H,26,27). The minimum Gasteiger partial charge on any atom is -0.407 e. The largest absolute Gasteiger partial charge is 0.407 e. The molecule has 3 aromatic carbocycles. The molecule has 0 saturated carbocycles. The number of benzene rings is 3. The van der Waals surface area contributed by atoms with Crippen molar-refractivity contribution in [2.24, 2.45) is 0 Å². The first-order chi connectivity index (χ1) is 13.5. The third-order valence-corrected chi connectivity index (χ3v) is 5.03. The number of nitrogen functional groups attached to an aromatic ring is 1. The average molecular weight is 384 g/mol. The van der Waals surface area contributed by atoms with E-state index in [2.05, 4.69) is 16.2 Å². The van der Waals surface area contributed by atoms with Crippen LogP contribution >= 0.6 is 11.8 Å². The number of nitrogens with zero attached hydrogens (tertiary/aromatic N) is 2. The second kappa shape index (κ2) is 8.30. The van der Waals surface area contributed by atoms with Crippen LogP contribution < -0.4 is 11.1 Å². The normalized spacial score (nSPS) is 9.96. The Morgan fingerprint density at radius 2 is 1.86 bits per heavy atom. The molecule has 0 aromatic heterocycles. The van der Waals surface area contributed by atoms with Crippen LogP contribution in [0.2, 0.25) is 0 Å². The summed E-state index contributed by atoms with van der Waals surface area (Å²) in [5.74, 6) is -0.169. The lowest BCUT2D eigenvalue weighted by molar-refractivity contribution is -0.114. The average Bonchev–Trinajstić information content (AvgIpc) is 2.68. The number of nitrogens with two attached hydrogens (primary N) is 1. The summed E-state index contributed by atoms with van der Waals surface area (Å²) in [6.07, 6.45) is 0. The summed E-state index contributed by atoms with van der Waals surface area (Å²) in [4.78, 5) is 16.5. The van der Waals surface area contributed by atoms with E-state index in [1.165, 1.54) is 18.7 Å². The molecule has 0 aliphatic carbocycles. The number of nitrogens with one attached hydrogen (secondary N) is 1. The molecule has 3 N–H and O–H groups in total. The topological polar surface area (TPSA) is 83.3 Å². The maximum atomic E-state index is 11.2. The number of hydrogen-bond acceptors (Lipinski definition) is 4. The molecule has 0 aliphatic rings. The zero-order valence-corrected chi connectivity index (χ0v) is 15.9. The van der Waals surface area contributed by atoms with Gasteiger partial charge in [0.25, 0.3) is 0 Å². The van der Waals surface area contributed by atoms with Gasteiger partial charge in [0, 0.05) is 33.7 Å². The van der Waals surface area contributed by atoms with E-state index in [1.54, 1.807) is 30.3 Å². The lowest BCUT2D eigenvalue weighted by Crippen LogP contribution is -2.05. The summed E-state index contributed by atoms with van der Waals surface area (Å²) < 4.78 is 0. The minimum atomic E-state index is -0.169. The van der Waals surface area contributed by atoms with Gasteiger partial charge in [-0.05, 0) is 35.9 Å². The first-order valence-corrected chi connectivity index (χ1v) is 9.20. The molecule has 3 aromatic rings. The van der Waals surface area contributed by atoms with Crippen LogP contribution in [0.4, 0.5) is 17.1 Å². The van der Waals surface area contributed by atoms with Gasteiger partial charge in [-0.2, -0.15) is 5.26 Å². The van der Waals surface area contributed by atoms with Crippen LogP contribution in [0.1, 0.15) is 12.5 Å². The Bertz CT molecular complexity index is 1110. The van der Waals surface area contributed by atoms with Crippen LogP contribution in [0.25, 0.3) is 16.0 Å². The summed E-state index contributed by atoms with van der Waals surface area (Å²) in [7, 11) is 0. The van der Waals surface area contributed by atoms with Crippen LogP contribution in [0.3, 0.4) is 0 Å². The summed E-state index contributed by atoms with van der Waals surface area (Å²) in [6, 6.07) is 20.6. The molecular formula is C22H16N4OS. The van der Waals surface area contributed by atoms with Gasteiger partial charge in [-0.1, -0.05) is 42.1 Å². The van der Waals surface area contributed by atoms with Crippen LogP contribution in [0, 0.1) is 17.9 Å². The van der Waals surface area contributed by atoms with Crippen molar-refractivity contribution in [2.45, 2.75) is 16.7 Å². The molecule has 5 nitrogen and oxygen atoms in total. The molecule has 3 rings (SSSR count). The quantitative estimate of drug-likeness (QED) is 0.462. The first-order valence-electron chi connectivity index (χ1n) is 8.38. The predicted octanol–water partition coefficient (Wildman–Crippen LogP) is 5.47. The molecule has 0 spiro atoms. The van der Waals surface area contributed by atoms with Gasteiger partial charge in [0.05, 0.1) is 18.2 Å². The van der Waals surface area contributed by atoms with E-state index >= 15 is 0 Å². The number of hydrogen-bond donors (Lipinski definition) is 2. The van der Waals surface area contributed by atoms with Crippen molar-refractivity contribution < 1.29 is 4.79 Å². The zero-order valence-electron chi connectivity index (χ0n) is 15.1. The molecular weight excluding hydrogens is 368 g/mol. The molecule has 0 aliphatic heterocycles. The molecule has 136 valence electrons. The molecule has 0 atom stereocenters. The van der Waals surface area contributed by atoms with Crippen LogP contribution in [-0.2, 0) is 4.79 Å². The van der Waals surface area contributed by atoms with Crippen LogP contribution in [0.5, 0.6) is 0 Å². The number of anilines is 2. The van der Waals surface area contributed by atoms with Gasteiger partial charge in [0.15, 0.2) is 0 Å². The van der Waals surface area contributed by atoms with Crippen LogP contribution in [0.15, 0.2) is 70.5 Å². The maximum Gasteiger partial charge on any atom is 0.221 e. The highest BCUT2D eigenvalue weighted by Crippen LogP contribution is 2.44. The van der Waals surface area contributed by atoms with Gasteiger partial charge >= 0.3 is 0 Å². The summed E-state index contributed by atoms with van der Waals surface area (Å²) in [5.41, 5.74) is 8.97. The third kappa shape index (κ3) is 3.98. The van der Waals surface area contributed by atoms with Crippen molar-refractivity contribution in [3.8, 4) is 17.2 Å². The smallest absolute Gasteiger partial charge is 0.221 e. The van der Waals surface area contributed by atoms with Crippen molar-refractivity contribution in [3.63, 3.8) is 0 Å². The van der Waals surface area contributed by atoms with E-state index in [9.17, 15) is 10.1 Å². The van der Waals surface area contributed by atoms with Crippen molar-refractivity contribution in [1.29, 1.82) is 5.26 Å². The lowest BCUT2D eigenvalue weighted by atomic mass is 9.97. The van der Waals surface area contributed by atoms with Crippen molar-refractivity contribution in [3.05, 3.63) is 77.6 Å². The van der Waals surface area contributed by atoms with Gasteiger partial charge < -0.3 is 11.1 Å². The number of amides is 1. The fourth-order valence-corrected chi connectivity index (χ4v) is 3.78. The second-order valence-electron chi connectivity index (χ2n) is 5.96. The molecule has 6 heteroatoms. The highest BCUT2D eigenvalue weighted by Gasteiger charge is 2.19.